The van der Waals surface area contributed by atoms with Gasteiger partial charge in [-0.3, -0.25) is 24.1 Å². The van der Waals surface area contributed by atoms with Gasteiger partial charge < -0.3 is 35.8 Å². The highest BCUT2D eigenvalue weighted by Gasteiger charge is 2.64. The lowest BCUT2D eigenvalue weighted by molar-refractivity contribution is -0.153. The minimum Gasteiger partial charge on any atom is -0.508 e. The number of morpholine rings is 1. The highest BCUT2D eigenvalue weighted by Crippen LogP contribution is 2.53. The van der Waals surface area contributed by atoms with Crippen molar-refractivity contribution in [2.24, 2.45) is 17.6 Å². The number of carbonyl (C=O) groups is 4. The van der Waals surface area contributed by atoms with E-state index >= 15 is 0 Å². The lowest BCUT2D eigenvalue weighted by atomic mass is 9.57. The van der Waals surface area contributed by atoms with E-state index in [-0.39, 0.29) is 35.5 Å². The van der Waals surface area contributed by atoms with Crippen LogP contribution < -0.4 is 5.73 Å². The van der Waals surface area contributed by atoms with Gasteiger partial charge in [0.15, 0.2) is 11.4 Å². The molecule has 1 aromatic rings. The molecular weight excluding hydrogens is 534 g/mol. The number of rotatable bonds is 4. The fourth-order valence-corrected chi connectivity index (χ4v) is 6.96. The number of Topliss-reactive ketones (excluding diaryl/α,β-unsaturated/α-hetero) is 2. The fourth-order valence-electron chi connectivity index (χ4n) is 6.96. The van der Waals surface area contributed by atoms with Crippen molar-refractivity contribution < 1.29 is 44.3 Å². The molecule has 0 spiro atoms. The van der Waals surface area contributed by atoms with Gasteiger partial charge in [-0.15, -0.1) is 0 Å². The molecule has 5 rings (SSSR count). The molecule has 1 saturated carbocycles. The number of phenols is 1. The highest BCUT2D eigenvalue weighted by molar-refractivity contribution is 6.24. The minimum atomic E-state index is -2.72. The zero-order valence-electron chi connectivity index (χ0n) is 23.4. The van der Waals surface area contributed by atoms with E-state index < -0.39 is 69.7 Å². The van der Waals surface area contributed by atoms with Crippen LogP contribution in [0.1, 0.15) is 53.2 Å². The summed E-state index contributed by atoms with van der Waals surface area (Å²) < 4.78 is 5.33. The number of aliphatic hydroxyl groups excluding tert-OH is 2. The maximum absolute atomic E-state index is 14.1. The molecule has 1 aromatic carbocycles. The number of hydrogen-bond donors (Lipinski definition) is 5. The molecule has 1 saturated heterocycles. The smallest absolute Gasteiger partial charge is 0.257 e. The number of amides is 2. The van der Waals surface area contributed by atoms with Gasteiger partial charge in [0, 0.05) is 24.6 Å². The van der Waals surface area contributed by atoms with Gasteiger partial charge in [0.25, 0.3) is 11.8 Å². The second kappa shape index (κ2) is 9.97. The van der Waals surface area contributed by atoms with Gasteiger partial charge in [-0.1, -0.05) is 13.8 Å². The van der Waals surface area contributed by atoms with Crippen molar-refractivity contribution in [3.8, 4) is 5.75 Å². The number of aromatic hydroxyl groups is 1. The average molecular weight is 570 g/mol. The summed E-state index contributed by atoms with van der Waals surface area (Å²) in [6.45, 7) is 5.17. The Bertz CT molecular complexity index is 1440. The van der Waals surface area contributed by atoms with E-state index in [9.17, 15) is 39.6 Å². The SMILES string of the molecule is CC(C)c1cc(C(=O)N2CCOCC2)c(O)c2c1CC1CC3[C@H](N(C)C)C(=O)C(C(N)=O)=C(O)[C@@]3(O)C(=O)C1=C2O. The molecule has 6 N–H and O–H groups in total. The molecule has 2 unspecified atom stereocenters. The number of ether oxygens (including phenoxy) is 1. The lowest BCUT2D eigenvalue weighted by Crippen LogP contribution is -2.65. The van der Waals surface area contributed by atoms with Crippen LogP contribution in [-0.2, 0) is 25.5 Å². The number of nitrogens with two attached hydrogens (primary N) is 1. The number of hydrogen-bond acceptors (Lipinski definition) is 10. The van der Waals surface area contributed by atoms with Crippen LogP contribution in [0.4, 0.5) is 0 Å². The second-order valence-corrected chi connectivity index (χ2v) is 11.7. The van der Waals surface area contributed by atoms with Crippen LogP contribution in [0.5, 0.6) is 5.75 Å². The van der Waals surface area contributed by atoms with Crippen molar-refractivity contribution in [2.75, 3.05) is 40.4 Å². The van der Waals surface area contributed by atoms with Gasteiger partial charge in [-0.25, -0.2) is 0 Å². The van der Waals surface area contributed by atoms with Crippen LogP contribution in [0.3, 0.4) is 0 Å². The first kappa shape index (κ1) is 28.8. The number of aliphatic hydroxyl groups is 3. The summed E-state index contributed by atoms with van der Waals surface area (Å²) in [7, 11) is 3.10. The third-order valence-electron chi connectivity index (χ3n) is 8.91. The summed E-state index contributed by atoms with van der Waals surface area (Å²) in [4.78, 5) is 55.9. The largest absolute Gasteiger partial charge is 0.508 e. The lowest BCUT2D eigenvalue weighted by Gasteiger charge is -2.50. The van der Waals surface area contributed by atoms with Gasteiger partial charge in [0.1, 0.15) is 22.8 Å². The predicted molar refractivity (Wildman–Crippen MR) is 145 cm³/mol. The van der Waals surface area contributed by atoms with E-state index in [1.54, 1.807) is 25.1 Å². The fraction of sp³-hybridized carbons (Fsp3) is 0.517. The molecule has 0 bridgehead atoms. The van der Waals surface area contributed by atoms with E-state index in [0.717, 1.165) is 0 Å². The number of fused-ring (bicyclic) bond motifs is 3. The molecule has 3 aliphatic carbocycles. The van der Waals surface area contributed by atoms with Gasteiger partial charge in [0.05, 0.1) is 30.4 Å². The van der Waals surface area contributed by atoms with Crippen molar-refractivity contribution >= 4 is 29.1 Å². The molecular formula is C29H35N3O9. The first-order chi connectivity index (χ1) is 19.2. The van der Waals surface area contributed by atoms with Gasteiger partial charge in [0.2, 0.25) is 5.78 Å². The number of carbonyl (C=O) groups excluding carboxylic acids is 4. The van der Waals surface area contributed by atoms with Crippen molar-refractivity contribution in [1.82, 2.24) is 9.80 Å². The third kappa shape index (κ3) is 4.07. The Morgan fingerprint density at radius 3 is 2.34 bits per heavy atom. The number of likely N-dealkylation sites (N-methyl/N-ethyl adjacent to an activating group) is 1. The number of ketones is 2. The molecule has 220 valence electrons. The van der Waals surface area contributed by atoms with E-state index in [2.05, 4.69) is 0 Å². The standard InChI is InChI=1S/C29H35N3O9/c1-12(2)14-11-16(28(39)32-5-7-41-8-6-32)22(33)19-15(14)9-13-10-17-21(31(3)4)24(35)20(27(30)38)26(37)29(17,40)25(36)18(13)23(19)34/h11-13,17,21,33-34,37,40H,5-10H2,1-4H3,(H2,30,38)/t13?,17?,21-,29-/m0/s1. The molecule has 2 fully saturated rings. The van der Waals surface area contributed by atoms with Crippen LogP contribution in [0.2, 0.25) is 0 Å². The summed E-state index contributed by atoms with van der Waals surface area (Å²) in [6, 6.07) is 0.468. The molecule has 4 atom stereocenters. The van der Waals surface area contributed by atoms with Gasteiger partial charge in [-0.2, -0.15) is 0 Å². The Kier molecular flexibility index (Phi) is 6.99. The zero-order valence-corrected chi connectivity index (χ0v) is 23.4. The third-order valence-corrected chi connectivity index (χ3v) is 8.91. The number of nitrogens with zero attached hydrogens (tertiary/aromatic N) is 2. The highest BCUT2D eigenvalue weighted by atomic mass is 16.5. The molecule has 0 radical (unpaired) electrons. The first-order valence-corrected chi connectivity index (χ1v) is 13.6. The number of primary amides is 1. The summed E-state index contributed by atoms with van der Waals surface area (Å²) in [5, 5.41) is 45.8. The van der Waals surface area contributed by atoms with Crippen LogP contribution >= 0.6 is 0 Å². The predicted octanol–water partition coefficient (Wildman–Crippen LogP) is 0.560. The molecule has 12 nitrogen and oxygen atoms in total. The summed E-state index contributed by atoms with van der Waals surface area (Å²) in [6.07, 6.45) is 0.167. The van der Waals surface area contributed by atoms with E-state index in [1.165, 1.54) is 4.90 Å². The van der Waals surface area contributed by atoms with Crippen molar-refractivity contribution in [3.63, 3.8) is 0 Å². The van der Waals surface area contributed by atoms with Crippen molar-refractivity contribution in [2.45, 2.75) is 44.2 Å². The summed E-state index contributed by atoms with van der Waals surface area (Å²) >= 11 is 0. The maximum atomic E-state index is 14.1. The van der Waals surface area contributed by atoms with Crippen LogP contribution in [0.25, 0.3) is 5.76 Å². The zero-order chi connectivity index (χ0) is 30.1. The van der Waals surface area contributed by atoms with Crippen LogP contribution in [0.15, 0.2) is 23.0 Å². The summed E-state index contributed by atoms with van der Waals surface area (Å²) in [5.74, 6) is -7.84. The monoisotopic (exact) mass is 569 g/mol. The molecule has 0 aromatic heterocycles. The second-order valence-electron chi connectivity index (χ2n) is 11.7. The number of benzene rings is 1. The topological polar surface area (TPSA) is 191 Å². The Labute approximate surface area is 236 Å². The summed E-state index contributed by atoms with van der Waals surface area (Å²) in [5.41, 5.74) is 2.69. The Balaban J connectivity index is 1.72. The molecule has 4 aliphatic rings. The van der Waals surface area contributed by atoms with Crippen molar-refractivity contribution in [3.05, 3.63) is 45.2 Å². The normalized spacial score (nSPS) is 28.2. The molecule has 2 amide bonds. The Morgan fingerprint density at radius 2 is 1.78 bits per heavy atom. The molecule has 12 heteroatoms. The van der Waals surface area contributed by atoms with Crippen molar-refractivity contribution in [1.29, 1.82) is 0 Å². The average Bonchev–Trinajstić information content (AvgIpc) is 2.90. The first-order valence-electron chi connectivity index (χ1n) is 13.6. The number of phenolic OH excluding ortho intramolecular Hbond substituents is 1. The Hall–Kier alpha value is -3.74. The molecule has 1 heterocycles. The van der Waals surface area contributed by atoms with Gasteiger partial charge >= 0.3 is 0 Å². The van der Waals surface area contributed by atoms with E-state index in [4.69, 9.17) is 10.5 Å². The van der Waals surface area contributed by atoms with Crippen LogP contribution in [0, 0.1) is 11.8 Å². The molecule has 1 aliphatic heterocycles. The molecule has 41 heavy (non-hydrogen) atoms. The maximum Gasteiger partial charge on any atom is 0.257 e. The Morgan fingerprint density at radius 1 is 1.15 bits per heavy atom. The van der Waals surface area contributed by atoms with E-state index in [0.29, 0.717) is 37.4 Å². The van der Waals surface area contributed by atoms with Crippen LogP contribution in [-0.4, -0.2) is 106 Å². The van der Waals surface area contributed by atoms with Gasteiger partial charge in [-0.05, 0) is 56.0 Å². The minimum absolute atomic E-state index is 0.00147. The quantitative estimate of drug-likeness (QED) is 0.320. The van der Waals surface area contributed by atoms with E-state index in [1.807, 2.05) is 13.8 Å².